The molecule has 0 saturated carbocycles. The first kappa shape index (κ1) is 15.2. The van der Waals surface area contributed by atoms with Gasteiger partial charge in [-0.25, -0.2) is 0 Å². The van der Waals surface area contributed by atoms with Gasteiger partial charge in [0.2, 0.25) is 0 Å². The van der Waals surface area contributed by atoms with Gasteiger partial charge in [-0.05, 0) is 57.5 Å². The van der Waals surface area contributed by atoms with Gasteiger partial charge < -0.3 is 10.6 Å². The molecule has 102 valence electrons. The zero-order chi connectivity index (χ0) is 13.4. The van der Waals surface area contributed by atoms with Crippen LogP contribution >= 0.6 is 0 Å². The molecule has 1 aromatic carbocycles. The molecular weight excluding hydrogens is 220 g/mol. The van der Waals surface area contributed by atoms with Crippen molar-refractivity contribution >= 4 is 0 Å². The maximum atomic E-state index is 3.51. The van der Waals surface area contributed by atoms with Gasteiger partial charge in [-0.15, -0.1) is 0 Å². The maximum Gasteiger partial charge on any atom is 0.00103 e. The highest BCUT2D eigenvalue weighted by Gasteiger charge is 1.98. The number of hydrogen-bond donors (Lipinski definition) is 2. The Morgan fingerprint density at radius 1 is 1.06 bits per heavy atom. The summed E-state index contributed by atoms with van der Waals surface area (Å²) < 4.78 is 0. The van der Waals surface area contributed by atoms with E-state index < -0.39 is 0 Å². The summed E-state index contributed by atoms with van der Waals surface area (Å²) in [5.41, 5.74) is 4.24. The molecule has 0 aliphatic carbocycles. The number of rotatable bonds is 8. The lowest BCUT2D eigenvalue weighted by Crippen LogP contribution is -2.27. The van der Waals surface area contributed by atoms with Gasteiger partial charge in [-0.1, -0.05) is 37.6 Å². The molecule has 2 N–H and O–H groups in total. The third kappa shape index (κ3) is 6.18. The molecule has 0 saturated heterocycles. The summed E-state index contributed by atoms with van der Waals surface area (Å²) in [7, 11) is 0. The van der Waals surface area contributed by atoms with Crippen molar-refractivity contribution < 1.29 is 0 Å². The summed E-state index contributed by atoms with van der Waals surface area (Å²) in [5.74, 6) is 0. The van der Waals surface area contributed by atoms with Crippen LogP contribution in [0.5, 0.6) is 0 Å². The second-order valence-corrected chi connectivity index (χ2v) is 5.39. The third-order valence-electron chi connectivity index (χ3n) is 3.16. The van der Waals surface area contributed by atoms with Crippen molar-refractivity contribution in [2.45, 2.75) is 46.6 Å². The molecule has 2 heteroatoms. The van der Waals surface area contributed by atoms with E-state index in [0.29, 0.717) is 6.04 Å². The molecule has 1 aromatic rings. The van der Waals surface area contributed by atoms with Crippen molar-refractivity contribution in [3.63, 3.8) is 0 Å². The monoisotopic (exact) mass is 248 g/mol. The SMILES string of the molecule is Cc1ccc(C)c(CCNCCCNC(C)C)c1. The molecule has 0 aromatic heterocycles. The smallest absolute Gasteiger partial charge is 0.00103 e. The van der Waals surface area contributed by atoms with Crippen LogP contribution in [-0.2, 0) is 6.42 Å². The molecule has 0 spiro atoms. The van der Waals surface area contributed by atoms with E-state index >= 15 is 0 Å². The summed E-state index contributed by atoms with van der Waals surface area (Å²) in [4.78, 5) is 0. The Morgan fingerprint density at radius 2 is 1.83 bits per heavy atom. The first-order valence-electron chi connectivity index (χ1n) is 7.10. The van der Waals surface area contributed by atoms with Crippen LogP contribution in [0.2, 0.25) is 0 Å². The normalized spacial score (nSPS) is 11.2. The van der Waals surface area contributed by atoms with Crippen molar-refractivity contribution in [3.8, 4) is 0 Å². The Labute approximate surface area is 112 Å². The highest BCUT2D eigenvalue weighted by molar-refractivity contribution is 5.30. The molecule has 1 rings (SSSR count). The van der Waals surface area contributed by atoms with Gasteiger partial charge >= 0.3 is 0 Å². The fourth-order valence-corrected chi connectivity index (χ4v) is 2.02. The van der Waals surface area contributed by atoms with Crippen LogP contribution in [0.15, 0.2) is 18.2 Å². The molecule has 0 unspecified atom stereocenters. The van der Waals surface area contributed by atoms with E-state index in [1.54, 1.807) is 0 Å². The van der Waals surface area contributed by atoms with E-state index in [0.717, 1.165) is 26.1 Å². The minimum atomic E-state index is 0.597. The van der Waals surface area contributed by atoms with E-state index in [9.17, 15) is 0 Å². The fraction of sp³-hybridized carbons (Fsp3) is 0.625. The predicted octanol–water partition coefficient (Wildman–Crippen LogP) is 2.82. The van der Waals surface area contributed by atoms with E-state index in [1.165, 1.54) is 23.1 Å². The van der Waals surface area contributed by atoms with Crippen molar-refractivity contribution in [2.24, 2.45) is 0 Å². The van der Waals surface area contributed by atoms with Crippen molar-refractivity contribution in [1.82, 2.24) is 10.6 Å². The van der Waals surface area contributed by atoms with Crippen molar-refractivity contribution in [2.75, 3.05) is 19.6 Å². The zero-order valence-corrected chi connectivity index (χ0v) is 12.3. The van der Waals surface area contributed by atoms with Gasteiger partial charge in [0.25, 0.3) is 0 Å². The first-order valence-corrected chi connectivity index (χ1v) is 7.10. The third-order valence-corrected chi connectivity index (χ3v) is 3.16. The predicted molar refractivity (Wildman–Crippen MR) is 80.2 cm³/mol. The molecule has 0 heterocycles. The topological polar surface area (TPSA) is 24.1 Å². The van der Waals surface area contributed by atoms with Gasteiger partial charge in [0.1, 0.15) is 0 Å². The average Bonchev–Trinajstić information content (AvgIpc) is 2.32. The summed E-state index contributed by atoms with van der Waals surface area (Å²) in [6.45, 7) is 12.0. The average molecular weight is 248 g/mol. The number of nitrogens with one attached hydrogen (secondary N) is 2. The standard InChI is InChI=1S/C16H28N2/c1-13(2)18-10-5-9-17-11-8-16-12-14(3)6-7-15(16)4/h6-7,12-13,17-18H,5,8-11H2,1-4H3. The molecule has 2 nitrogen and oxygen atoms in total. The molecule has 0 fully saturated rings. The lowest BCUT2D eigenvalue weighted by molar-refractivity contribution is 0.548. The minimum Gasteiger partial charge on any atom is -0.316 e. The zero-order valence-electron chi connectivity index (χ0n) is 12.3. The largest absolute Gasteiger partial charge is 0.316 e. The Kier molecular flexibility index (Phi) is 6.99. The Morgan fingerprint density at radius 3 is 2.56 bits per heavy atom. The Hall–Kier alpha value is -0.860. The van der Waals surface area contributed by atoms with E-state index in [4.69, 9.17) is 0 Å². The highest BCUT2D eigenvalue weighted by atomic mass is 14.9. The summed E-state index contributed by atoms with van der Waals surface area (Å²) >= 11 is 0. The second kappa shape index (κ2) is 8.28. The van der Waals surface area contributed by atoms with Crippen LogP contribution < -0.4 is 10.6 Å². The Bertz CT molecular complexity index is 345. The Balaban J connectivity index is 2.12. The van der Waals surface area contributed by atoms with Gasteiger partial charge in [0.05, 0.1) is 0 Å². The molecular formula is C16H28N2. The van der Waals surface area contributed by atoms with Crippen LogP contribution in [0.3, 0.4) is 0 Å². The van der Waals surface area contributed by atoms with Crippen LogP contribution in [0, 0.1) is 13.8 Å². The van der Waals surface area contributed by atoms with Gasteiger partial charge in [0, 0.05) is 6.04 Å². The van der Waals surface area contributed by atoms with Crippen LogP contribution in [-0.4, -0.2) is 25.7 Å². The van der Waals surface area contributed by atoms with Gasteiger partial charge in [0.15, 0.2) is 0 Å². The molecule has 0 aliphatic heterocycles. The van der Waals surface area contributed by atoms with Crippen molar-refractivity contribution in [1.29, 1.82) is 0 Å². The highest BCUT2D eigenvalue weighted by Crippen LogP contribution is 2.10. The number of hydrogen-bond acceptors (Lipinski definition) is 2. The van der Waals surface area contributed by atoms with E-state index in [1.807, 2.05) is 0 Å². The molecule has 0 bridgehead atoms. The van der Waals surface area contributed by atoms with E-state index in [2.05, 4.69) is 56.5 Å². The lowest BCUT2D eigenvalue weighted by atomic mass is 10.0. The molecule has 0 amide bonds. The molecule has 0 atom stereocenters. The number of benzene rings is 1. The minimum absolute atomic E-state index is 0.597. The summed E-state index contributed by atoms with van der Waals surface area (Å²) in [5, 5.41) is 6.94. The first-order chi connectivity index (χ1) is 8.59. The lowest BCUT2D eigenvalue weighted by Gasteiger charge is -2.10. The van der Waals surface area contributed by atoms with Gasteiger partial charge in [-0.3, -0.25) is 0 Å². The van der Waals surface area contributed by atoms with Crippen molar-refractivity contribution in [3.05, 3.63) is 34.9 Å². The van der Waals surface area contributed by atoms with Crippen LogP contribution in [0.4, 0.5) is 0 Å². The fourth-order valence-electron chi connectivity index (χ4n) is 2.02. The molecule has 0 radical (unpaired) electrons. The summed E-state index contributed by atoms with van der Waals surface area (Å²) in [6, 6.07) is 7.30. The maximum absolute atomic E-state index is 3.51. The van der Waals surface area contributed by atoms with E-state index in [-0.39, 0.29) is 0 Å². The summed E-state index contributed by atoms with van der Waals surface area (Å²) in [6.07, 6.45) is 2.33. The number of aryl methyl sites for hydroxylation is 2. The quantitative estimate of drug-likeness (QED) is 0.691. The van der Waals surface area contributed by atoms with Crippen LogP contribution in [0.25, 0.3) is 0 Å². The second-order valence-electron chi connectivity index (χ2n) is 5.39. The molecule has 18 heavy (non-hydrogen) atoms. The van der Waals surface area contributed by atoms with Gasteiger partial charge in [-0.2, -0.15) is 0 Å². The van der Waals surface area contributed by atoms with Crippen LogP contribution in [0.1, 0.15) is 37.0 Å². The molecule has 0 aliphatic rings.